The van der Waals surface area contributed by atoms with Gasteiger partial charge in [0.15, 0.2) is 6.10 Å². The van der Waals surface area contributed by atoms with Crippen molar-refractivity contribution in [3.8, 4) is 0 Å². The zero-order chi connectivity index (χ0) is 66.1. The molecule has 0 aromatic heterocycles. The number of nitrogens with zero attached hydrogens (tertiary/aromatic N) is 1. The van der Waals surface area contributed by atoms with Gasteiger partial charge in [-0.2, -0.15) is 0 Å². The third kappa shape index (κ3) is 70.4. The van der Waals surface area contributed by atoms with E-state index in [4.69, 9.17) is 18.9 Å². The number of likely N-dealkylation sites (N-methyl/N-ethyl adjacent to an activating group) is 1. The summed E-state index contributed by atoms with van der Waals surface area (Å²) in [6.45, 7) is 4.49. The van der Waals surface area contributed by atoms with E-state index in [1.807, 2.05) is 21.1 Å². The second-order valence-corrected chi connectivity index (χ2v) is 22.7. The molecule has 1 N–H and O–H groups in total. The van der Waals surface area contributed by atoms with E-state index in [9.17, 15) is 19.5 Å². The predicted molar refractivity (Wildman–Crippen MR) is 390 cm³/mol. The standard InChI is InChI=1S/C82H121NO8/c1-6-8-10-12-14-16-18-20-22-24-26-28-30-32-34-36-37-38-39-40-41-42-43-45-47-49-51-53-55-57-59-61-63-65-67-69-71-73-80(85)91-78(77-90-82(81(86)87)88-75-74-83(3,4)5)76-89-79(84)72-70-68-66-64-62-60-58-56-54-52-50-48-46-44-35-33-31-29-27-25-23-21-19-17-15-13-11-9-7-2/h8-11,14-17,20-23,26-29,32-35,37-38,40-41,43,45-46,48-49,51-52,54-55,57-58,60-61,63-64,66,78,82H,6-7,12-13,18-19,24-25,30-31,36,39,42,44,47,50,53,56,59,62,65,67-77H2,1-5H3/p+1/b10-8-,11-9-,16-14-,17-15-,22-20-,23-21-,28-26-,29-27-,34-32-,35-33-,38-37-,41-40-,45-43-,48-46-,51-49-,54-52-,57-55-,60-58-,63-61-,66-64-. The predicted octanol–water partition coefficient (Wildman–Crippen LogP) is 21.7. The van der Waals surface area contributed by atoms with Crippen LogP contribution in [0.15, 0.2) is 243 Å². The molecular weight excluding hydrogens is 1130 g/mol. The van der Waals surface area contributed by atoms with Gasteiger partial charge in [-0.3, -0.25) is 9.59 Å². The zero-order valence-electron chi connectivity index (χ0n) is 57.1. The fourth-order valence-corrected chi connectivity index (χ4v) is 7.96. The highest BCUT2D eigenvalue weighted by Crippen LogP contribution is 2.11. The van der Waals surface area contributed by atoms with E-state index >= 15 is 0 Å². The molecule has 9 nitrogen and oxygen atoms in total. The molecular formula is C82H122NO8+. The Morgan fingerprint density at radius 1 is 0.330 bits per heavy atom. The Labute approximate surface area is 554 Å². The summed E-state index contributed by atoms with van der Waals surface area (Å²) >= 11 is 0. The second kappa shape index (κ2) is 69.0. The van der Waals surface area contributed by atoms with Gasteiger partial charge < -0.3 is 28.5 Å². The molecule has 0 saturated heterocycles. The Morgan fingerprint density at radius 2 is 0.604 bits per heavy atom. The van der Waals surface area contributed by atoms with Crippen LogP contribution >= 0.6 is 0 Å². The lowest BCUT2D eigenvalue weighted by molar-refractivity contribution is -0.870. The summed E-state index contributed by atoms with van der Waals surface area (Å²) in [5.41, 5.74) is 0. The maximum atomic E-state index is 12.9. The van der Waals surface area contributed by atoms with Gasteiger partial charge in [0.1, 0.15) is 13.2 Å². The van der Waals surface area contributed by atoms with Crippen molar-refractivity contribution < 1.29 is 42.9 Å². The number of rotatable bonds is 59. The lowest BCUT2D eigenvalue weighted by Gasteiger charge is -2.25. The largest absolute Gasteiger partial charge is 0.477 e. The van der Waals surface area contributed by atoms with Crippen LogP contribution < -0.4 is 0 Å². The molecule has 0 spiro atoms. The number of hydrogen-bond donors (Lipinski definition) is 1. The topological polar surface area (TPSA) is 108 Å². The quantitative estimate of drug-likeness (QED) is 0.0211. The minimum Gasteiger partial charge on any atom is -0.477 e. The number of allylic oxidation sites excluding steroid dienone is 40. The van der Waals surface area contributed by atoms with E-state index in [0.717, 1.165) is 154 Å². The summed E-state index contributed by atoms with van der Waals surface area (Å²) in [5.74, 6) is -2.17. The van der Waals surface area contributed by atoms with Crippen molar-refractivity contribution in [2.75, 3.05) is 47.5 Å². The van der Waals surface area contributed by atoms with Crippen molar-refractivity contribution in [3.05, 3.63) is 243 Å². The number of carbonyl (C=O) groups excluding carboxylic acids is 2. The maximum absolute atomic E-state index is 12.9. The summed E-state index contributed by atoms with van der Waals surface area (Å²) in [7, 11) is 5.92. The number of unbranched alkanes of at least 4 members (excludes halogenated alkanes) is 4. The van der Waals surface area contributed by atoms with E-state index in [1.54, 1.807) is 0 Å². The van der Waals surface area contributed by atoms with Crippen LogP contribution in [-0.2, 0) is 33.3 Å². The number of carbonyl (C=O) groups is 3. The number of esters is 2. The molecule has 0 bridgehead atoms. The Bertz CT molecular complexity index is 2390. The fourth-order valence-electron chi connectivity index (χ4n) is 7.96. The van der Waals surface area contributed by atoms with Crippen LogP contribution in [0, 0.1) is 0 Å². The molecule has 0 aromatic carbocycles. The first-order chi connectivity index (χ1) is 44.6. The summed E-state index contributed by atoms with van der Waals surface area (Å²) in [5, 5.41) is 9.74. The van der Waals surface area contributed by atoms with Crippen LogP contribution in [0.2, 0.25) is 0 Å². The van der Waals surface area contributed by atoms with Crippen molar-refractivity contribution in [2.45, 2.75) is 206 Å². The van der Waals surface area contributed by atoms with Gasteiger partial charge in [-0.25, -0.2) is 4.79 Å². The van der Waals surface area contributed by atoms with Gasteiger partial charge in [-0.05, 0) is 161 Å². The summed E-state index contributed by atoms with van der Waals surface area (Å²) in [6.07, 6.45) is 110. The van der Waals surface area contributed by atoms with E-state index in [2.05, 4.69) is 257 Å². The van der Waals surface area contributed by atoms with Crippen molar-refractivity contribution in [2.24, 2.45) is 0 Å². The molecule has 502 valence electrons. The molecule has 2 unspecified atom stereocenters. The third-order valence-corrected chi connectivity index (χ3v) is 13.1. The maximum Gasteiger partial charge on any atom is 0.361 e. The van der Waals surface area contributed by atoms with Gasteiger partial charge in [0.25, 0.3) is 6.29 Å². The van der Waals surface area contributed by atoms with Gasteiger partial charge in [0, 0.05) is 12.8 Å². The van der Waals surface area contributed by atoms with Gasteiger partial charge in [0.05, 0.1) is 34.4 Å². The fraction of sp³-hybridized carbons (Fsp3) is 0.476. The molecule has 0 aliphatic carbocycles. The van der Waals surface area contributed by atoms with Gasteiger partial charge in [-0.1, -0.05) is 263 Å². The molecule has 0 fully saturated rings. The molecule has 0 amide bonds. The number of carboxylic acid groups (broad SMARTS) is 1. The average Bonchev–Trinajstić information content (AvgIpc) is 3.50. The molecule has 91 heavy (non-hydrogen) atoms. The van der Waals surface area contributed by atoms with E-state index in [0.29, 0.717) is 23.9 Å². The van der Waals surface area contributed by atoms with E-state index in [-0.39, 0.29) is 32.7 Å². The molecule has 0 aromatic rings. The van der Waals surface area contributed by atoms with E-state index < -0.39 is 30.3 Å². The number of carboxylic acids is 1. The Balaban J connectivity index is 4.41. The SMILES string of the molecule is CC/C=C\C/C=C\C/C=C\C/C=C\C/C=C\C/C=C\C/C=C\C/C=C\C/C=C\C/C=C\C/C=C\CCCCCC(=O)OC(COC(=O)CCC/C=C\C/C=C\C/C=C\C/C=C\C/C=C\C/C=C\C/C=C\C/C=C\C/C=C\CC)COC(OCC[N+](C)(C)C)C(=O)O. The summed E-state index contributed by atoms with van der Waals surface area (Å²) in [4.78, 5) is 37.6. The normalized spacial score (nSPS) is 14.3. The van der Waals surface area contributed by atoms with Crippen LogP contribution in [-0.4, -0.2) is 87.4 Å². The van der Waals surface area contributed by atoms with Gasteiger partial charge >= 0.3 is 17.9 Å². The molecule has 0 aliphatic rings. The Kier molecular flexibility index (Phi) is 63.7. The first-order valence-corrected chi connectivity index (χ1v) is 34.2. The molecule has 0 heterocycles. The molecule has 0 rings (SSSR count). The minimum absolute atomic E-state index is 0.156. The molecule has 0 aliphatic heterocycles. The molecule has 0 radical (unpaired) electrons. The van der Waals surface area contributed by atoms with Crippen molar-refractivity contribution >= 4 is 17.9 Å². The second-order valence-electron chi connectivity index (χ2n) is 22.7. The van der Waals surface area contributed by atoms with Crippen molar-refractivity contribution in [1.29, 1.82) is 0 Å². The van der Waals surface area contributed by atoms with Gasteiger partial charge in [-0.15, -0.1) is 0 Å². The Hall–Kier alpha value is -6.91. The summed E-state index contributed by atoms with van der Waals surface area (Å²) in [6, 6.07) is 0. The van der Waals surface area contributed by atoms with Crippen LogP contribution in [0.4, 0.5) is 0 Å². The first-order valence-electron chi connectivity index (χ1n) is 34.2. The minimum atomic E-state index is -1.55. The average molecular weight is 1250 g/mol. The molecule has 0 saturated carbocycles. The van der Waals surface area contributed by atoms with E-state index in [1.165, 1.54) is 0 Å². The summed E-state index contributed by atoms with van der Waals surface area (Å²) < 4.78 is 22.8. The highest BCUT2D eigenvalue weighted by molar-refractivity contribution is 5.71. The lowest BCUT2D eigenvalue weighted by atomic mass is 10.1. The number of hydrogen-bond acceptors (Lipinski definition) is 7. The number of ether oxygens (including phenoxy) is 4. The Morgan fingerprint density at radius 3 is 0.890 bits per heavy atom. The van der Waals surface area contributed by atoms with Crippen LogP contribution in [0.3, 0.4) is 0 Å². The molecule has 2 atom stereocenters. The smallest absolute Gasteiger partial charge is 0.361 e. The van der Waals surface area contributed by atoms with Crippen molar-refractivity contribution in [1.82, 2.24) is 0 Å². The van der Waals surface area contributed by atoms with Crippen LogP contribution in [0.1, 0.15) is 194 Å². The van der Waals surface area contributed by atoms with Gasteiger partial charge in [0.2, 0.25) is 0 Å². The monoisotopic (exact) mass is 1250 g/mol. The highest BCUT2D eigenvalue weighted by atomic mass is 16.7. The first kappa shape index (κ1) is 84.1. The van der Waals surface area contributed by atoms with Crippen LogP contribution in [0.25, 0.3) is 0 Å². The van der Waals surface area contributed by atoms with Crippen LogP contribution in [0.5, 0.6) is 0 Å². The molecule has 9 heteroatoms. The number of quaternary nitrogens is 1. The number of aliphatic carboxylic acids is 1. The highest BCUT2D eigenvalue weighted by Gasteiger charge is 2.25. The van der Waals surface area contributed by atoms with Crippen molar-refractivity contribution in [3.63, 3.8) is 0 Å². The third-order valence-electron chi connectivity index (χ3n) is 13.1. The zero-order valence-corrected chi connectivity index (χ0v) is 57.1. The lowest BCUT2D eigenvalue weighted by Crippen LogP contribution is -2.40.